The number of hydrogen-bond acceptors (Lipinski definition) is 8. The SMILES string of the molecule is CCOc1cc2c(cc1Nc1ncnc3sc4c(c13)CCC(C(=O)N1CCC(N(C)C)C1)C4)C=NC2. The number of aromatic nitrogens is 2. The van der Waals surface area contributed by atoms with E-state index in [0.29, 0.717) is 25.1 Å². The number of carbonyl (C=O) groups is 1. The highest BCUT2D eigenvalue weighted by Gasteiger charge is 2.35. The molecule has 188 valence electrons. The maximum atomic E-state index is 13.3. The zero-order chi connectivity index (χ0) is 24.8. The first-order valence-corrected chi connectivity index (χ1v) is 13.6. The molecule has 8 nitrogen and oxygen atoms in total. The Hall–Kier alpha value is -3.04. The minimum Gasteiger partial charge on any atom is -0.492 e. The number of nitrogens with one attached hydrogen (secondary N) is 1. The number of hydrogen-bond donors (Lipinski definition) is 1. The van der Waals surface area contributed by atoms with Crippen molar-refractivity contribution in [3.8, 4) is 5.75 Å². The molecule has 0 spiro atoms. The Kier molecular flexibility index (Phi) is 6.13. The van der Waals surface area contributed by atoms with Gasteiger partial charge < -0.3 is 19.9 Å². The molecule has 1 aromatic carbocycles. The number of fused-ring (bicyclic) bond motifs is 4. The number of benzene rings is 1. The number of anilines is 2. The van der Waals surface area contributed by atoms with E-state index in [4.69, 9.17) is 4.74 Å². The van der Waals surface area contributed by atoms with Gasteiger partial charge >= 0.3 is 0 Å². The number of likely N-dealkylation sites (tertiary alicyclic amines) is 1. The summed E-state index contributed by atoms with van der Waals surface area (Å²) in [6.45, 7) is 4.98. The topological polar surface area (TPSA) is 82.9 Å². The van der Waals surface area contributed by atoms with Gasteiger partial charge in [-0.05, 0) is 75.5 Å². The summed E-state index contributed by atoms with van der Waals surface area (Å²) in [6.07, 6.45) is 7.12. The molecule has 0 bridgehead atoms. The number of likely N-dealkylation sites (N-methyl/N-ethyl adjacent to an activating group) is 1. The Balaban J connectivity index is 1.27. The van der Waals surface area contributed by atoms with Crippen molar-refractivity contribution in [3.63, 3.8) is 0 Å². The highest BCUT2D eigenvalue weighted by molar-refractivity contribution is 7.19. The first-order valence-electron chi connectivity index (χ1n) is 12.8. The van der Waals surface area contributed by atoms with Crippen LogP contribution in [-0.2, 0) is 24.2 Å². The number of nitrogens with zero attached hydrogens (tertiary/aromatic N) is 5. The van der Waals surface area contributed by atoms with Crippen LogP contribution in [0.25, 0.3) is 10.2 Å². The zero-order valence-corrected chi connectivity index (χ0v) is 21.9. The normalized spacial score (nSPS) is 20.7. The van der Waals surface area contributed by atoms with Crippen molar-refractivity contribution < 1.29 is 9.53 Å². The number of carbonyl (C=O) groups excluding carboxylic acids is 1. The van der Waals surface area contributed by atoms with Gasteiger partial charge in [0.1, 0.15) is 22.7 Å². The number of aliphatic imine (C=N–C) groups is 1. The van der Waals surface area contributed by atoms with Crippen LogP contribution in [0.1, 0.15) is 41.3 Å². The summed E-state index contributed by atoms with van der Waals surface area (Å²) in [5.41, 5.74) is 4.46. The lowest BCUT2D eigenvalue weighted by Crippen LogP contribution is -2.39. The molecule has 0 saturated carbocycles. The van der Waals surface area contributed by atoms with Gasteiger partial charge in [0.25, 0.3) is 0 Å². The van der Waals surface area contributed by atoms with E-state index in [2.05, 4.69) is 56.3 Å². The third-order valence-electron chi connectivity index (χ3n) is 7.69. The maximum Gasteiger partial charge on any atom is 0.226 e. The molecule has 9 heteroatoms. The molecule has 2 aromatic heterocycles. The Morgan fingerprint density at radius 3 is 2.97 bits per heavy atom. The quantitative estimate of drug-likeness (QED) is 0.546. The van der Waals surface area contributed by atoms with Gasteiger partial charge in [0, 0.05) is 36.1 Å². The predicted molar refractivity (Wildman–Crippen MR) is 144 cm³/mol. The first-order chi connectivity index (χ1) is 17.5. The van der Waals surface area contributed by atoms with Crippen molar-refractivity contribution in [3.05, 3.63) is 40.0 Å². The Bertz CT molecular complexity index is 1350. The van der Waals surface area contributed by atoms with E-state index < -0.39 is 0 Å². The third-order valence-corrected chi connectivity index (χ3v) is 8.85. The van der Waals surface area contributed by atoms with Crippen molar-refractivity contribution in [2.24, 2.45) is 10.9 Å². The van der Waals surface area contributed by atoms with Crippen LogP contribution in [0.15, 0.2) is 23.5 Å². The number of amides is 1. The Labute approximate surface area is 215 Å². The summed E-state index contributed by atoms with van der Waals surface area (Å²) in [6, 6.07) is 4.63. The molecule has 3 aromatic rings. The van der Waals surface area contributed by atoms with E-state index in [1.165, 1.54) is 16.0 Å². The molecule has 3 aliphatic rings. The van der Waals surface area contributed by atoms with E-state index in [0.717, 1.165) is 71.8 Å². The van der Waals surface area contributed by atoms with E-state index in [-0.39, 0.29) is 5.92 Å². The molecule has 4 heterocycles. The summed E-state index contributed by atoms with van der Waals surface area (Å²) >= 11 is 1.71. The van der Waals surface area contributed by atoms with Crippen molar-refractivity contribution in [2.45, 2.75) is 45.2 Å². The second kappa shape index (κ2) is 9.44. The monoisotopic (exact) mass is 504 g/mol. The van der Waals surface area contributed by atoms with Gasteiger partial charge in [0.2, 0.25) is 5.91 Å². The summed E-state index contributed by atoms with van der Waals surface area (Å²) in [5, 5.41) is 4.63. The molecule has 6 rings (SSSR count). The van der Waals surface area contributed by atoms with Gasteiger partial charge in [-0.25, -0.2) is 9.97 Å². The fourth-order valence-electron chi connectivity index (χ4n) is 5.68. The van der Waals surface area contributed by atoms with Crippen molar-refractivity contribution in [2.75, 3.05) is 39.1 Å². The minimum absolute atomic E-state index is 0.0522. The van der Waals surface area contributed by atoms with Crippen molar-refractivity contribution in [1.29, 1.82) is 0 Å². The zero-order valence-electron chi connectivity index (χ0n) is 21.1. The summed E-state index contributed by atoms with van der Waals surface area (Å²) in [5.74, 6) is 1.97. The van der Waals surface area contributed by atoms with Gasteiger partial charge in [-0.3, -0.25) is 9.79 Å². The van der Waals surface area contributed by atoms with Gasteiger partial charge in [0.15, 0.2) is 0 Å². The van der Waals surface area contributed by atoms with E-state index >= 15 is 0 Å². The second-order valence-corrected chi connectivity index (χ2v) is 11.2. The number of ether oxygens (including phenoxy) is 1. The minimum atomic E-state index is 0.0522. The van der Waals surface area contributed by atoms with E-state index in [9.17, 15) is 4.79 Å². The molecular formula is C27H32N6O2S. The Morgan fingerprint density at radius 1 is 1.28 bits per heavy atom. The fourth-order valence-corrected chi connectivity index (χ4v) is 6.94. The molecule has 1 aliphatic carbocycles. The number of aryl methyl sites for hydroxylation is 1. The smallest absolute Gasteiger partial charge is 0.226 e. The molecule has 2 aliphatic heterocycles. The van der Waals surface area contributed by atoms with Gasteiger partial charge in [-0.15, -0.1) is 11.3 Å². The molecule has 2 unspecified atom stereocenters. The van der Waals surface area contributed by atoms with Crippen LogP contribution in [0.4, 0.5) is 11.5 Å². The molecule has 0 radical (unpaired) electrons. The van der Waals surface area contributed by atoms with E-state index in [1.807, 2.05) is 13.1 Å². The maximum absolute atomic E-state index is 13.3. The number of rotatable bonds is 6. The van der Waals surface area contributed by atoms with Crippen molar-refractivity contribution >= 4 is 45.2 Å². The van der Waals surface area contributed by atoms with Crippen LogP contribution < -0.4 is 10.1 Å². The summed E-state index contributed by atoms with van der Waals surface area (Å²) in [7, 11) is 4.20. The van der Waals surface area contributed by atoms with Gasteiger partial charge in [-0.1, -0.05) is 0 Å². The number of thiophene rings is 1. The second-order valence-electron chi connectivity index (χ2n) is 10.1. The average molecular weight is 505 g/mol. The molecule has 1 saturated heterocycles. The van der Waals surface area contributed by atoms with Crippen LogP contribution >= 0.6 is 11.3 Å². The van der Waals surface area contributed by atoms with Crippen molar-refractivity contribution in [1.82, 2.24) is 19.8 Å². The van der Waals surface area contributed by atoms with Crippen LogP contribution in [0.5, 0.6) is 5.75 Å². The highest BCUT2D eigenvalue weighted by Crippen LogP contribution is 2.42. The molecular weight excluding hydrogens is 472 g/mol. The lowest BCUT2D eigenvalue weighted by molar-refractivity contribution is -0.134. The lowest BCUT2D eigenvalue weighted by atomic mass is 9.87. The summed E-state index contributed by atoms with van der Waals surface area (Å²) < 4.78 is 5.95. The highest BCUT2D eigenvalue weighted by atomic mass is 32.1. The predicted octanol–water partition coefficient (Wildman–Crippen LogP) is 4.03. The summed E-state index contributed by atoms with van der Waals surface area (Å²) in [4.78, 5) is 33.5. The molecule has 1 fully saturated rings. The van der Waals surface area contributed by atoms with Gasteiger partial charge in [-0.2, -0.15) is 0 Å². The van der Waals surface area contributed by atoms with Crippen LogP contribution in [0.3, 0.4) is 0 Å². The first kappa shape index (κ1) is 23.4. The van der Waals surface area contributed by atoms with Crippen LogP contribution in [0.2, 0.25) is 0 Å². The molecule has 1 N–H and O–H groups in total. The van der Waals surface area contributed by atoms with Gasteiger partial charge in [0.05, 0.1) is 24.2 Å². The standard InChI is InChI=1S/C27H32N6O2S/c1-4-35-22-10-18-13-28-12-17(18)9-21(22)31-25-24-20-6-5-16(11-23(20)36-26(24)30-15-29-25)27(34)33-8-7-19(14-33)32(2)3/h9-10,12,15-16,19H,4-8,11,13-14H2,1-3H3,(H,29,30,31). The lowest BCUT2D eigenvalue weighted by Gasteiger charge is -2.27. The van der Waals surface area contributed by atoms with E-state index in [1.54, 1.807) is 17.7 Å². The molecule has 2 atom stereocenters. The average Bonchev–Trinajstić information content (AvgIpc) is 3.61. The fraction of sp³-hybridized carbons (Fsp3) is 0.481. The van der Waals surface area contributed by atoms with Crippen LogP contribution in [0, 0.1) is 5.92 Å². The molecule has 36 heavy (non-hydrogen) atoms. The molecule has 1 amide bonds. The Morgan fingerprint density at radius 2 is 2.17 bits per heavy atom. The largest absolute Gasteiger partial charge is 0.492 e. The third kappa shape index (κ3) is 4.14. The van der Waals surface area contributed by atoms with Crippen LogP contribution in [-0.4, -0.2) is 71.7 Å².